The van der Waals surface area contributed by atoms with Crippen LogP contribution in [0.15, 0.2) is 23.3 Å². The van der Waals surface area contributed by atoms with Crippen LogP contribution >= 0.6 is 0 Å². The van der Waals surface area contributed by atoms with Crippen LogP contribution in [0.2, 0.25) is 0 Å². The topological polar surface area (TPSA) is 59.9 Å². The Kier molecular flexibility index (Phi) is 5.87. The highest BCUT2D eigenvalue weighted by molar-refractivity contribution is 5.87. The first kappa shape index (κ1) is 20.5. The van der Waals surface area contributed by atoms with Crippen LogP contribution in [0.25, 0.3) is 0 Å². The molecule has 0 aliphatic rings. The predicted molar refractivity (Wildman–Crippen MR) is 71.2 cm³/mol. The molecule has 0 saturated heterocycles. The first-order chi connectivity index (χ1) is 11.4. The van der Waals surface area contributed by atoms with Crippen molar-refractivity contribution in [1.82, 2.24) is 5.43 Å². The fourth-order valence-corrected chi connectivity index (χ4v) is 1.49. The van der Waals surface area contributed by atoms with Crippen molar-refractivity contribution in [1.29, 1.82) is 0 Å². The Balaban J connectivity index is 2.90. The van der Waals surface area contributed by atoms with E-state index >= 15 is 0 Å². The average molecular weight is 376 g/mol. The van der Waals surface area contributed by atoms with Crippen LogP contribution in [0.5, 0.6) is 11.5 Å². The maximum Gasteiger partial charge on any atom is 0.460 e. The van der Waals surface area contributed by atoms with E-state index < -0.39 is 23.9 Å². The third kappa shape index (κ3) is 4.12. The number of halogens is 7. The Morgan fingerprint density at radius 1 is 1.04 bits per heavy atom. The van der Waals surface area contributed by atoms with E-state index in [4.69, 9.17) is 9.47 Å². The van der Waals surface area contributed by atoms with E-state index in [9.17, 15) is 35.5 Å². The van der Waals surface area contributed by atoms with Crippen LogP contribution in [0, 0.1) is 0 Å². The molecule has 140 valence electrons. The molecule has 0 aliphatic carbocycles. The van der Waals surface area contributed by atoms with E-state index in [1.807, 2.05) is 0 Å². The molecule has 1 aromatic carbocycles. The second-order valence-electron chi connectivity index (χ2n) is 4.46. The molecule has 0 aromatic heterocycles. The van der Waals surface area contributed by atoms with Crippen LogP contribution < -0.4 is 14.9 Å². The largest absolute Gasteiger partial charge is 0.493 e. The SMILES string of the molecule is COc1ccc(/C=N\NC(=O)C(F)(F)C(F)(F)C(F)(F)F)cc1OC. The first-order valence-electron chi connectivity index (χ1n) is 6.26. The summed E-state index contributed by atoms with van der Waals surface area (Å²) in [5, 5.41) is 2.93. The summed E-state index contributed by atoms with van der Waals surface area (Å²) in [6, 6.07) is 4.00. The minimum Gasteiger partial charge on any atom is -0.493 e. The molecule has 1 rings (SSSR count). The fraction of sp³-hybridized carbons (Fsp3) is 0.385. The smallest absolute Gasteiger partial charge is 0.460 e. The molecule has 5 nitrogen and oxygen atoms in total. The number of rotatable bonds is 6. The fourth-order valence-electron chi connectivity index (χ4n) is 1.49. The molecular weight excluding hydrogens is 365 g/mol. The number of amides is 1. The molecule has 0 fully saturated rings. The van der Waals surface area contributed by atoms with Gasteiger partial charge in [-0.25, -0.2) is 5.43 Å². The van der Waals surface area contributed by atoms with Crippen molar-refractivity contribution < 1.29 is 45.0 Å². The van der Waals surface area contributed by atoms with Gasteiger partial charge >= 0.3 is 23.9 Å². The number of nitrogens with zero attached hydrogens (tertiary/aromatic N) is 1. The number of hydrogen-bond acceptors (Lipinski definition) is 4. The van der Waals surface area contributed by atoms with Crippen molar-refractivity contribution in [3.05, 3.63) is 23.8 Å². The zero-order chi connectivity index (χ0) is 19.5. The third-order valence-electron chi connectivity index (χ3n) is 2.82. The monoisotopic (exact) mass is 376 g/mol. The lowest BCUT2D eigenvalue weighted by Gasteiger charge is -2.26. The number of ether oxygens (including phenoxy) is 2. The lowest BCUT2D eigenvalue weighted by molar-refractivity contribution is -0.344. The quantitative estimate of drug-likeness (QED) is 0.472. The number of benzene rings is 1. The average Bonchev–Trinajstić information content (AvgIpc) is 2.53. The molecule has 0 bridgehead atoms. The number of carbonyl (C=O) groups excluding carboxylic acids is 1. The predicted octanol–water partition coefficient (Wildman–Crippen LogP) is 2.99. The van der Waals surface area contributed by atoms with E-state index in [1.54, 1.807) is 0 Å². The highest BCUT2D eigenvalue weighted by Crippen LogP contribution is 2.46. The van der Waals surface area contributed by atoms with Gasteiger partial charge in [0.15, 0.2) is 11.5 Å². The molecule has 0 atom stereocenters. The summed E-state index contributed by atoms with van der Waals surface area (Å²) in [5.41, 5.74) is 1.10. The molecule has 1 aromatic rings. The van der Waals surface area contributed by atoms with Gasteiger partial charge in [0.1, 0.15) is 0 Å². The Morgan fingerprint density at radius 3 is 2.08 bits per heavy atom. The lowest BCUT2D eigenvalue weighted by atomic mass is 10.1. The maximum absolute atomic E-state index is 13.0. The van der Waals surface area contributed by atoms with Crippen molar-refractivity contribution in [2.45, 2.75) is 18.0 Å². The second-order valence-corrected chi connectivity index (χ2v) is 4.46. The third-order valence-corrected chi connectivity index (χ3v) is 2.82. The molecule has 1 N–H and O–H groups in total. The number of alkyl halides is 7. The van der Waals surface area contributed by atoms with E-state index in [0.29, 0.717) is 5.75 Å². The van der Waals surface area contributed by atoms with Crippen molar-refractivity contribution in [3.63, 3.8) is 0 Å². The summed E-state index contributed by atoms with van der Waals surface area (Å²) in [4.78, 5) is 11.0. The van der Waals surface area contributed by atoms with Crippen LogP contribution in [0.3, 0.4) is 0 Å². The van der Waals surface area contributed by atoms with Gasteiger partial charge in [0.25, 0.3) is 0 Å². The molecule has 0 heterocycles. The first-order valence-corrected chi connectivity index (χ1v) is 6.26. The Morgan fingerprint density at radius 2 is 1.60 bits per heavy atom. The number of carbonyl (C=O) groups is 1. The molecule has 25 heavy (non-hydrogen) atoms. The summed E-state index contributed by atoms with van der Waals surface area (Å²) in [7, 11) is 2.63. The molecule has 12 heteroatoms. The van der Waals surface area contributed by atoms with Gasteiger partial charge in [-0.05, 0) is 23.8 Å². The van der Waals surface area contributed by atoms with E-state index in [0.717, 1.165) is 11.6 Å². The van der Waals surface area contributed by atoms with Crippen molar-refractivity contribution in [2.75, 3.05) is 14.2 Å². The zero-order valence-corrected chi connectivity index (χ0v) is 12.6. The molecular formula is C13H11F7N2O3. The lowest BCUT2D eigenvalue weighted by Crippen LogP contribution is -2.58. The Bertz CT molecular complexity index is 660. The van der Waals surface area contributed by atoms with Crippen LogP contribution in [0.1, 0.15) is 5.56 Å². The number of hydrazone groups is 1. The van der Waals surface area contributed by atoms with Gasteiger partial charge in [-0.3, -0.25) is 4.79 Å². The van der Waals surface area contributed by atoms with Crippen molar-refractivity contribution in [3.8, 4) is 11.5 Å². The van der Waals surface area contributed by atoms with Gasteiger partial charge in [0, 0.05) is 0 Å². The van der Waals surface area contributed by atoms with Crippen LogP contribution in [-0.2, 0) is 4.79 Å². The molecule has 1 amide bonds. The molecule has 0 spiro atoms. The van der Waals surface area contributed by atoms with Gasteiger partial charge in [-0.1, -0.05) is 0 Å². The van der Waals surface area contributed by atoms with Crippen LogP contribution in [0.4, 0.5) is 30.7 Å². The highest BCUT2D eigenvalue weighted by atomic mass is 19.4. The van der Waals surface area contributed by atoms with Crippen LogP contribution in [-0.4, -0.2) is 44.4 Å². The van der Waals surface area contributed by atoms with Gasteiger partial charge in [0.2, 0.25) is 0 Å². The van der Waals surface area contributed by atoms with Gasteiger partial charge in [-0.15, -0.1) is 0 Å². The summed E-state index contributed by atoms with van der Waals surface area (Å²) < 4.78 is 97.1. The Hall–Kier alpha value is -2.53. The number of methoxy groups -OCH3 is 2. The minimum atomic E-state index is -6.61. The molecule has 0 radical (unpaired) electrons. The van der Waals surface area contributed by atoms with E-state index in [-0.39, 0.29) is 11.3 Å². The summed E-state index contributed by atoms with van der Waals surface area (Å²) in [6.45, 7) is 0. The standard InChI is InChI=1S/C13H11F7N2O3/c1-24-8-4-3-7(5-9(8)25-2)6-21-22-10(23)11(14,15)12(16,17)13(18,19)20/h3-6H,1-2H3,(H,22,23)/b21-6-. The molecule has 0 saturated carbocycles. The summed E-state index contributed by atoms with van der Waals surface area (Å²) in [5.74, 6) is -15.0. The summed E-state index contributed by atoms with van der Waals surface area (Å²) in [6.07, 6.45) is -5.87. The minimum absolute atomic E-state index is 0.156. The molecule has 0 aliphatic heterocycles. The maximum atomic E-state index is 13.0. The summed E-state index contributed by atoms with van der Waals surface area (Å²) >= 11 is 0. The number of hydrogen-bond donors (Lipinski definition) is 1. The van der Waals surface area contributed by atoms with Crippen molar-refractivity contribution >= 4 is 12.1 Å². The normalized spacial score (nSPS) is 13.0. The zero-order valence-electron chi connectivity index (χ0n) is 12.6. The second kappa shape index (κ2) is 7.15. The van der Waals surface area contributed by atoms with E-state index in [2.05, 4.69) is 5.10 Å². The highest BCUT2D eigenvalue weighted by Gasteiger charge is 2.76. The molecule has 0 unspecified atom stereocenters. The van der Waals surface area contributed by atoms with E-state index in [1.165, 1.54) is 32.4 Å². The van der Waals surface area contributed by atoms with Crippen molar-refractivity contribution in [2.24, 2.45) is 5.10 Å². The van der Waals surface area contributed by atoms with Gasteiger partial charge < -0.3 is 9.47 Å². The van der Waals surface area contributed by atoms with Gasteiger partial charge in [-0.2, -0.15) is 35.8 Å². The van der Waals surface area contributed by atoms with Gasteiger partial charge in [0.05, 0.1) is 20.4 Å². The number of nitrogens with one attached hydrogen (secondary N) is 1. The Labute approximate surface area is 136 Å².